The molecule has 4 nitrogen and oxygen atoms in total. The Bertz CT molecular complexity index is 666. The molecule has 1 aromatic carbocycles. The number of nitrogens with one attached hydrogen (secondary N) is 1. The van der Waals surface area contributed by atoms with Crippen molar-refractivity contribution in [1.29, 1.82) is 0 Å². The van der Waals surface area contributed by atoms with Crippen LogP contribution in [0.5, 0.6) is 5.75 Å². The smallest absolute Gasteiger partial charge is 0.268 e. The Labute approximate surface area is 141 Å². The lowest BCUT2D eigenvalue weighted by molar-refractivity contribution is 0.0636. The number of thiophene rings is 1. The number of aryl methyl sites for hydroxylation is 1. The van der Waals surface area contributed by atoms with Crippen molar-refractivity contribution in [3.05, 3.63) is 51.7 Å². The van der Waals surface area contributed by atoms with Gasteiger partial charge < -0.3 is 15.0 Å². The monoisotopic (exact) mass is 330 g/mol. The van der Waals surface area contributed by atoms with Gasteiger partial charge in [-0.05, 0) is 29.0 Å². The standard InChI is InChI=1S/C18H22N2O2S/c1-3-13-4-6-14(7-5-13)15-12-19-9-10-20(15)18(21)17-16(22-2)8-11-23-17/h4-8,11,15,19H,3,9-10,12H2,1-2H3. The Balaban J connectivity index is 1.87. The van der Waals surface area contributed by atoms with Crippen LogP contribution in [0.15, 0.2) is 35.7 Å². The Kier molecular flexibility index (Phi) is 4.98. The van der Waals surface area contributed by atoms with Gasteiger partial charge in [-0.15, -0.1) is 11.3 Å². The number of carbonyl (C=O) groups is 1. The zero-order valence-corrected chi connectivity index (χ0v) is 14.4. The molecule has 1 aromatic heterocycles. The summed E-state index contributed by atoms with van der Waals surface area (Å²) in [6.07, 6.45) is 1.03. The molecule has 0 bridgehead atoms. The third-order valence-corrected chi connectivity index (χ3v) is 5.20. The van der Waals surface area contributed by atoms with E-state index in [9.17, 15) is 4.79 Å². The van der Waals surface area contributed by atoms with Crippen LogP contribution in [0.1, 0.15) is 33.8 Å². The van der Waals surface area contributed by atoms with Crippen LogP contribution in [-0.4, -0.2) is 37.6 Å². The highest BCUT2D eigenvalue weighted by atomic mass is 32.1. The van der Waals surface area contributed by atoms with Crippen LogP contribution >= 0.6 is 11.3 Å². The molecule has 0 radical (unpaired) electrons. The first-order chi connectivity index (χ1) is 11.2. The van der Waals surface area contributed by atoms with Crippen LogP contribution in [0.4, 0.5) is 0 Å². The molecule has 2 heterocycles. The lowest BCUT2D eigenvalue weighted by atomic mass is 10.0. The minimum absolute atomic E-state index is 0.0583. The van der Waals surface area contributed by atoms with Crippen LogP contribution in [0, 0.1) is 0 Å². The second-order valence-electron chi connectivity index (χ2n) is 5.63. The fourth-order valence-corrected chi connectivity index (χ4v) is 3.78. The zero-order valence-electron chi connectivity index (χ0n) is 13.5. The van der Waals surface area contributed by atoms with E-state index in [1.165, 1.54) is 22.5 Å². The lowest BCUT2D eigenvalue weighted by Gasteiger charge is -2.36. The summed E-state index contributed by atoms with van der Waals surface area (Å²) in [5.41, 5.74) is 2.49. The molecule has 1 fully saturated rings. The molecular formula is C18H22N2O2S. The third kappa shape index (κ3) is 3.26. The molecule has 122 valence electrons. The minimum Gasteiger partial charge on any atom is -0.495 e. The molecule has 1 amide bonds. The molecule has 3 rings (SSSR count). The van der Waals surface area contributed by atoms with Crippen LogP contribution in [0.3, 0.4) is 0 Å². The van der Waals surface area contributed by atoms with Gasteiger partial charge in [0, 0.05) is 19.6 Å². The van der Waals surface area contributed by atoms with Gasteiger partial charge in [0.05, 0.1) is 13.2 Å². The van der Waals surface area contributed by atoms with Crippen LogP contribution in [0.2, 0.25) is 0 Å². The van der Waals surface area contributed by atoms with E-state index in [4.69, 9.17) is 4.74 Å². The summed E-state index contributed by atoms with van der Waals surface area (Å²) in [4.78, 5) is 15.6. The molecule has 1 aliphatic rings. The predicted molar refractivity (Wildman–Crippen MR) is 93.3 cm³/mol. The van der Waals surface area contributed by atoms with Gasteiger partial charge in [0.15, 0.2) is 0 Å². The molecule has 1 atom stereocenters. The van der Waals surface area contributed by atoms with Crippen molar-refractivity contribution in [2.24, 2.45) is 0 Å². The SMILES string of the molecule is CCc1ccc(C2CNCCN2C(=O)c2sccc2OC)cc1. The summed E-state index contributed by atoms with van der Waals surface area (Å²) in [6.45, 7) is 4.46. The van der Waals surface area contributed by atoms with Gasteiger partial charge in [0.2, 0.25) is 0 Å². The maximum atomic E-state index is 13.0. The molecule has 0 aliphatic carbocycles. The second kappa shape index (κ2) is 7.15. The number of rotatable bonds is 4. The number of amides is 1. The van der Waals surface area contributed by atoms with Crippen molar-refractivity contribution in [2.75, 3.05) is 26.7 Å². The van der Waals surface area contributed by atoms with Crippen LogP contribution in [0.25, 0.3) is 0 Å². The first-order valence-electron chi connectivity index (χ1n) is 7.96. The molecule has 23 heavy (non-hydrogen) atoms. The van der Waals surface area contributed by atoms with E-state index < -0.39 is 0 Å². The van der Waals surface area contributed by atoms with Crippen molar-refractivity contribution in [1.82, 2.24) is 10.2 Å². The van der Waals surface area contributed by atoms with Crippen molar-refractivity contribution < 1.29 is 9.53 Å². The number of nitrogens with zero attached hydrogens (tertiary/aromatic N) is 1. The number of ether oxygens (including phenoxy) is 1. The van der Waals surface area contributed by atoms with E-state index in [-0.39, 0.29) is 11.9 Å². The Morgan fingerprint density at radius 2 is 2.13 bits per heavy atom. The normalized spacial score (nSPS) is 18.0. The van der Waals surface area contributed by atoms with Crippen molar-refractivity contribution in [3.63, 3.8) is 0 Å². The molecule has 1 aliphatic heterocycles. The molecule has 2 aromatic rings. The highest BCUT2D eigenvalue weighted by Crippen LogP contribution is 2.30. The molecule has 5 heteroatoms. The van der Waals surface area contributed by atoms with Gasteiger partial charge in [0.1, 0.15) is 10.6 Å². The molecule has 1 N–H and O–H groups in total. The topological polar surface area (TPSA) is 41.6 Å². The Hall–Kier alpha value is -1.85. The number of hydrogen-bond acceptors (Lipinski definition) is 4. The zero-order chi connectivity index (χ0) is 16.2. The fraction of sp³-hybridized carbons (Fsp3) is 0.389. The molecule has 1 saturated heterocycles. The summed E-state index contributed by atoms with van der Waals surface area (Å²) in [7, 11) is 1.61. The van der Waals surface area contributed by atoms with Crippen molar-refractivity contribution >= 4 is 17.2 Å². The predicted octanol–water partition coefficient (Wildman–Crippen LogP) is 3.11. The number of piperazine rings is 1. The molecular weight excluding hydrogens is 308 g/mol. The van der Waals surface area contributed by atoms with E-state index >= 15 is 0 Å². The van der Waals surface area contributed by atoms with E-state index in [0.717, 1.165) is 19.5 Å². The van der Waals surface area contributed by atoms with E-state index in [1.807, 2.05) is 16.3 Å². The second-order valence-corrected chi connectivity index (χ2v) is 6.55. The summed E-state index contributed by atoms with van der Waals surface area (Å²) in [6, 6.07) is 10.5. The Morgan fingerprint density at radius 1 is 1.35 bits per heavy atom. The van der Waals surface area contributed by atoms with E-state index in [2.05, 4.69) is 36.5 Å². The summed E-state index contributed by atoms with van der Waals surface area (Å²) < 4.78 is 5.32. The average molecular weight is 330 g/mol. The quantitative estimate of drug-likeness (QED) is 0.936. The van der Waals surface area contributed by atoms with Crippen molar-refractivity contribution in [2.45, 2.75) is 19.4 Å². The maximum absolute atomic E-state index is 13.0. The van der Waals surface area contributed by atoms with Crippen molar-refractivity contribution in [3.8, 4) is 5.75 Å². The average Bonchev–Trinajstić information content (AvgIpc) is 3.10. The largest absolute Gasteiger partial charge is 0.495 e. The first kappa shape index (κ1) is 16.0. The van der Waals surface area contributed by atoms with Crippen LogP contribution < -0.4 is 10.1 Å². The molecule has 0 spiro atoms. The van der Waals surface area contributed by atoms with Crippen LogP contribution in [-0.2, 0) is 6.42 Å². The van der Waals surface area contributed by atoms with Gasteiger partial charge in [-0.25, -0.2) is 0 Å². The van der Waals surface area contributed by atoms with Gasteiger partial charge >= 0.3 is 0 Å². The number of methoxy groups -OCH3 is 1. The maximum Gasteiger partial charge on any atom is 0.268 e. The van der Waals surface area contributed by atoms with E-state index in [1.54, 1.807) is 7.11 Å². The summed E-state index contributed by atoms with van der Waals surface area (Å²) in [5.74, 6) is 0.724. The number of benzene rings is 1. The molecule has 0 saturated carbocycles. The lowest BCUT2D eigenvalue weighted by Crippen LogP contribution is -2.48. The third-order valence-electron chi connectivity index (χ3n) is 4.32. The van der Waals surface area contributed by atoms with Gasteiger partial charge in [0.25, 0.3) is 5.91 Å². The first-order valence-corrected chi connectivity index (χ1v) is 8.84. The fourth-order valence-electron chi connectivity index (χ4n) is 2.97. The minimum atomic E-state index is 0.0583. The summed E-state index contributed by atoms with van der Waals surface area (Å²) in [5, 5.41) is 5.30. The number of carbonyl (C=O) groups excluding carboxylic acids is 1. The number of hydrogen-bond donors (Lipinski definition) is 1. The Morgan fingerprint density at radius 3 is 2.83 bits per heavy atom. The van der Waals surface area contributed by atoms with Gasteiger partial charge in [-0.3, -0.25) is 4.79 Å². The van der Waals surface area contributed by atoms with Gasteiger partial charge in [-0.2, -0.15) is 0 Å². The highest BCUT2D eigenvalue weighted by molar-refractivity contribution is 7.12. The molecule has 1 unspecified atom stereocenters. The summed E-state index contributed by atoms with van der Waals surface area (Å²) >= 11 is 1.44. The van der Waals surface area contributed by atoms with E-state index in [0.29, 0.717) is 17.2 Å². The highest BCUT2D eigenvalue weighted by Gasteiger charge is 2.30. The van der Waals surface area contributed by atoms with Gasteiger partial charge in [-0.1, -0.05) is 31.2 Å².